The number of nitrogens with zero attached hydrogens (tertiary/aromatic N) is 2. The van der Waals surface area contributed by atoms with E-state index in [0.29, 0.717) is 5.56 Å². The minimum atomic E-state index is -5.01. The molecule has 0 spiro atoms. The molecule has 0 aliphatic carbocycles. The van der Waals surface area contributed by atoms with Crippen molar-refractivity contribution < 1.29 is 36.7 Å². The summed E-state index contributed by atoms with van der Waals surface area (Å²) in [7, 11) is 1.36. The second kappa shape index (κ2) is 10.9. The van der Waals surface area contributed by atoms with Gasteiger partial charge in [-0.3, -0.25) is 14.4 Å². The number of alkyl halides is 3. The predicted molar refractivity (Wildman–Crippen MR) is 140 cm³/mol. The van der Waals surface area contributed by atoms with E-state index in [1.54, 1.807) is 30.3 Å². The number of carbonyl (C=O) groups is 3. The number of nitrogens with one attached hydrogen (secondary N) is 2. The number of fused-ring (bicyclic) bond motifs is 1. The molecule has 1 aliphatic heterocycles. The van der Waals surface area contributed by atoms with E-state index in [-0.39, 0.29) is 23.6 Å². The Kier molecular flexibility index (Phi) is 7.72. The molecule has 0 bridgehead atoms. The van der Waals surface area contributed by atoms with Crippen molar-refractivity contribution in [3.8, 4) is 5.75 Å². The van der Waals surface area contributed by atoms with Gasteiger partial charge in [0.2, 0.25) is 5.91 Å². The van der Waals surface area contributed by atoms with Crippen LogP contribution in [0.5, 0.6) is 5.75 Å². The molecular formula is C28H26F4N4O4. The molecule has 210 valence electrons. The van der Waals surface area contributed by atoms with Gasteiger partial charge in [-0.25, -0.2) is 4.39 Å². The Hall–Kier alpha value is -4.61. The maximum Gasteiger partial charge on any atom is 0.573 e. The predicted octanol–water partition coefficient (Wildman–Crippen LogP) is 4.53. The molecule has 0 saturated carbocycles. The van der Waals surface area contributed by atoms with E-state index in [2.05, 4.69) is 15.4 Å². The fourth-order valence-electron chi connectivity index (χ4n) is 4.27. The molecule has 40 heavy (non-hydrogen) atoms. The van der Waals surface area contributed by atoms with Gasteiger partial charge in [0.15, 0.2) is 5.75 Å². The SMILES string of the molecule is CN1C(=O)[C@H](NC(=O)C(C)(C)NC(=O)c2ccccc2)CN(c2ccccc2OC(F)(F)F)c2ccc(F)cc21. The van der Waals surface area contributed by atoms with Crippen LogP contribution in [0, 0.1) is 5.82 Å². The fraction of sp³-hybridized carbons (Fsp3) is 0.250. The van der Waals surface area contributed by atoms with Crippen LogP contribution in [-0.2, 0) is 9.59 Å². The number of rotatable bonds is 6. The number of likely N-dealkylation sites (N-methyl/N-ethyl adjacent to an activating group) is 1. The van der Waals surface area contributed by atoms with Crippen molar-refractivity contribution >= 4 is 34.8 Å². The van der Waals surface area contributed by atoms with E-state index in [4.69, 9.17) is 0 Å². The summed E-state index contributed by atoms with van der Waals surface area (Å²) < 4.78 is 58.1. The van der Waals surface area contributed by atoms with Crippen LogP contribution in [0.2, 0.25) is 0 Å². The van der Waals surface area contributed by atoms with Crippen molar-refractivity contribution in [2.24, 2.45) is 0 Å². The molecule has 2 N–H and O–H groups in total. The summed E-state index contributed by atoms with van der Waals surface area (Å²) in [5, 5.41) is 5.23. The molecule has 8 nitrogen and oxygen atoms in total. The molecule has 1 heterocycles. The average Bonchev–Trinajstić information content (AvgIpc) is 2.99. The van der Waals surface area contributed by atoms with Gasteiger partial charge in [-0.1, -0.05) is 30.3 Å². The third-order valence-electron chi connectivity index (χ3n) is 6.30. The number of anilines is 3. The number of carbonyl (C=O) groups excluding carboxylic acids is 3. The Bertz CT molecular complexity index is 1430. The summed E-state index contributed by atoms with van der Waals surface area (Å²) in [5.74, 6) is -3.12. The normalized spacial score (nSPS) is 15.7. The quantitative estimate of drug-likeness (QED) is 0.434. The van der Waals surface area contributed by atoms with Crippen LogP contribution in [0.3, 0.4) is 0 Å². The highest BCUT2D eigenvalue weighted by atomic mass is 19.4. The highest BCUT2D eigenvalue weighted by molar-refractivity contribution is 6.05. The van der Waals surface area contributed by atoms with Gasteiger partial charge in [0.25, 0.3) is 11.8 Å². The Labute approximate surface area is 227 Å². The fourth-order valence-corrected chi connectivity index (χ4v) is 4.27. The maximum atomic E-state index is 14.2. The van der Waals surface area contributed by atoms with Gasteiger partial charge in [0, 0.05) is 12.6 Å². The standard InChI is InChI=1S/C28H26F4N4O4/c1-27(2,34-24(37)17-9-5-4-6-10-17)26(39)33-19-16-36(21-11-7-8-12-23(21)40-28(30,31)32)20-14-13-18(29)15-22(20)35(3)25(19)38/h4-15,19H,16H2,1-3H3,(H,33,39)(H,34,37)/t19-/m1/s1. The first kappa shape index (κ1) is 28.4. The molecule has 0 fully saturated rings. The monoisotopic (exact) mass is 558 g/mol. The second-order valence-corrected chi connectivity index (χ2v) is 9.63. The number of para-hydroxylation sites is 2. The van der Waals surface area contributed by atoms with Crippen LogP contribution < -0.4 is 25.2 Å². The molecule has 1 atom stereocenters. The largest absolute Gasteiger partial charge is 0.573 e. The Morgan fingerprint density at radius 3 is 2.25 bits per heavy atom. The van der Waals surface area contributed by atoms with E-state index >= 15 is 0 Å². The number of hydrogen-bond donors (Lipinski definition) is 2. The lowest BCUT2D eigenvalue weighted by Crippen LogP contribution is -2.60. The lowest BCUT2D eigenvalue weighted by atomic mass is 10.0. The summed E-state index contributed by atoms with van der Waals surface area (Å²) in [6, 6.07) is 15.7. The van der Waals surface area contributed by atoms with E-state index in [0.717, 1.165) is 23.1 Å². The number of amides is 3. The summed E-state index contributed by atoms with van der Waals surface area (Å²) in [5.41, 5.74) is -0.951. The number of ether oxygens (including phenoxy) is 1. The smallest absolute Gasteiger partial charge is 0.404 e. The lowest BCUT2D eigenvalue weighted by Gasteiger charge is -2.31. The van der Waals surface area contributed by atoms with Gasteiger partial charge in [-0.2, -0.15) is 0 Å². The van der Waals surface area contributed by atoms with Crippen molar-refractivity contribution in [3.05, 3.63) is 84.2 Å². The Morgan fingerprint density at radius 1 is 0.925 bits per heavy atom. The Balaban J connectivity index is 1.69. The molecule has 4 rings (SSSR count). The minimum absolute atomic E-state index is 0.0633. The van der Waals surface area contributed by atoms with Gasteiger partial charge in [0.1, 0.15) is 17.4 Å². The molecular weight excluding hydrogens is 532 g/mol. The molecule has 0 aromatic heterocycles. The number of hydrogen-bond acceptors (Lipinski definition) is 5. The van der Waals surface area contributed by atoms with Gasteiger partial charge in [-0.15, -0.1) is 13.2 Å². The molecule has 0 saturated heterocycles. The van der Waals surface area contributed by atoms with Crippen LogP contribution in [0.1, 0.15) is 24.2 Å². The summed E-state index contributed by atoms with van der Waals surface area (Å²) in [6.07, 6.45) is -5.01. The zero-order valence-corrected chi connectivity index (χ0v) is 21.8. The van der Waals surface area contributed by atoms with Crippen LogP contribution >= 0.6 is 0 Å². The van der Waals surface area contributed by atoms with E-state index in [1.165, 1.54) is 50.1 Å². The third kappa shape index (κ3) is 6.16. The first-order valence-corrected chi connectivity index (χ1v) is 12.1. The van der Waals surface area contributed by atoms with Crippen molar-refractivity contribution in [1.82, 2.24) is 10.6 Å². The van der Waals surface area contributed by atoms with Crippen molar-refractivity contribution in [2.45, 2.75) is 31.8 Å². The maximum absolute atomic E-state index is 14.2. The lowest BCUT2D eigenvalue weighted by molar-refractivity contribution is -0.274. The minimum Gasteiger partial charge on any atom is -0.404 e. The first-order valence-electron chi connectivity index (χ1n) is 12.1. The summed E-state index contributed by atoms with van der Waals surface area (Å²) in [4.78, 5) is 42.0. The van der Waals surface area contributed by atoms with Crippen LogP contribution in [-0.4, -0.2) is 49.3 Å². The molecule has 12 heteroatoms. The van der Waals surface area contributed by atoms with Crippen LogP contribution in [0.15, 0.2) is 72.8 Å². The van der Waals surface area contributed by atoms with Gasteiger partial charge in [-0.05, 0) is 56.3 Å². The molecule has 3 aromatic carbocycles. The molecule has 3 amide bonds. The zero-order chi connectivity index (χ0) is 29.2. The van der Waals surface area contributed by atoms with Crippen LogP contribution in [0.25, 0.3) is 0 Å². The number of halogens is 4. The summed E-state index contributed by atoms with van der Waals surface area (Å²) >= 11 is 0. The average molecular weight is 559 g/mol. The van der Waals surface area contributed by atoms with E-state index in [9.17, 15) is 31.9 Å². The molecule has 3 aromatic rings. The van der Waals surface area contributed by atoms with Crippen molar-refractivity contribution in [3.63, 3.8) is 0 Å². The highest BCUT2D eigenvalue weighted by Gasteiger charge is 2.39. The van der Waals surface area contributed by atoms with Gasteiger partial charge in [0.05, 0.1) is 23.6 Å². The summed E-state index contributed by atoms with van der Waals surface area (Å²) in [6.45, 7) is 2.57. The van der Waals surface area contributed by atoms with E-state index < -0.39 is 47.2 Å². The number of benzene rings is 3. The first-order chi connectivity index (χ1) is 18.8. The van der Waals surface area contributed by atoms with Crippen molar-refractivity contribution in [1.29, 1.82) is 0 Å². The molecule has 0 unspecified atom stereocenters. The highest BCUT2D eigenvalue weighted by Crippen LogP contribution is 2.42. The van der Waals surface area contributed by atoms with E-state index in [1.807, 2.05) is 0 Å². The Morgan fingerprint density at radius 2 is 1.57 bits per heavy atom. The van der Waals surface area contributed by atoms with Crippen LogP contribution in [0.4, 0.5) is 34.6 Å². The zero-order valence-electron chi connectivity index (χ0n) is 21.8. The molecule has 1 aliphatic rings. The molecule has 0 radical (unpaired) electrons. The topological polar surface area (TPSA) is 91.0 Å². The second-order valence-electron chi connectivity index (χ2n) is 9.63. The van der Waals surface area contributed by atoms with Crippen molar-refractivity contribution in [2.75, 3.05) is 23.4 Å². The third-order valence-corrected chi connectivity index (χ3v) is 6.30. The van der Waals surface area contributed by atoms with Gasteiger partial charge < -0.3 is 25.2 Å². The van der Waals surface area contributed by atoms with Gasteiger partial charge >= 0.3 is 6.36 Å².